The summed E-state index contributed by atoms with van der Waals surface area (Å²) in [7, 11) is 0. The third-order valence-electron chi connectivity index (χ3n) is 2.81. The van der Waals surface area contributed by atoms with E-state index in [-0.39, 0.29) is 16.7 Å². The summed E-state index contributed by atoms with van der Waals surface area (Å²) in [6, 6.07) is 11.0. The standard InChI is InChI=1S/C13H13BrN2O2S/c1-9(12-6-7-13(14)19-12)15-8-10-4-2-3-5-11(10)16(17)18/h2-7,9,15H,8H2,1H3. The molecule has 1 heterocycles. The Morgan fingerprint density at radius 2 is 2.11 bits per heavy atom. The smallest absolute Gasteiger partial charge is 0.273 e. The molecule has 0 saturated heterocycles. The lowest BCUT2D eigenvalue weighted by molar-refractivity contribution is -0.385. The number of hydrogen-bond acceptors (Lipinski definition) is 4. The van der Waals surface area contributed by atoms with Gasteiger partial charge in [0.05, 0.1) is 8.71 Å². The highest BCUT2D eigenvalue weighted by Gasteiger charge is 2.14. The highest BCUT2D eigenvalue weighted by Crippen LogP contribution is 2.27. The zero-order chi connectivity index (χ0) is 13.8. The Kier molecular flexibility index (Phi) is 4.68. The van der Waals surface area contributed by atoms with Crippen LogP contribution in [0.2, 0.25) is 0 Å². The van der Waals surface area contributed by atoms with Crippen molar-refractivity contribution < 1.29 is 4.92 Å². The second-order valence-corrected chi connectivity index (χ2v) is 6.62. The van der Waals surface area contributed by atoms with Crippen molar-refractivity contribution in [2.45, 2.75) is 19.5 Å². The quantitative estimate of drug-likeness (QED) is 0.653. The number of para-hydroxylation sites is 1. The van der Waals surface area contributed by atoms with Crippen LogP contribution in [-0.2, 0) is 6.54 Å². The summed E-state index contributed by atoms with van der Waals surface area (Å²) in [4.78, 5) is 11.8. The Morgan fingerprint density at radius 3 is 2.74 bits per heavy atom. The van der Waals surface area contributed by atoms with Crippen LogP contribution in [0.15, 0.2) is 40.2 Å². The number of nitro groups is 1. The fourth-order valence-electron chi connectivity index (χ4n) is 1.76. The summed E-state index contributed by atoms with van der Waals surface area (Å²) in [6.45, 7) is 2.53. The summed E-state index contributed by atoms with van der Waals surface area (Å²) in [5.41, 5.74) is 0.865. The van der Waals surface area contributed by atoms with Crippen LogP contribution in [0.25, 0.3) is 0 Å². The van der Waals surface area contributed by atoms with Gasteiger partial charge in [-0.2, -0.15) is 0 Å². The Morgan fingerprint density at radius 1 is 1.37 bits per heavy atom. The molecular formula is C13H13BrN2O2S. The molecule has 0 aliphatic carbocycles. The molecule has 0 bridgehead atoms. The number of nitrogens with one attached hydrogen (secondary N) is 1. The van der Waals surface area contributed by atoms with Gasteiger partial charge in [0.25, 0.3) is 5.69 Å². The van der Waals surface area contributed by atoms with Crippen LogP contribution >= 0.6 is 27.3 Å². The van der Waals surface area contributed by atoms with Gasteiger partial charge in [-0.25, -0.2) is 0 Å². The van der Waals surface area contributed by atoms with Crippen molar-refractivity contribution in [2.75, 3.05) is 0 Å². The second-order valence-electron chi connectivity index (χ2n) is 4.13. The maximum atomic E-state index is 10.9. The minimum absolute atomic E-state index is 0.162. The van der Waals surface area contributed by atoms with E-state index >= 15 is 0 Å². The fourth-order valence-corrected chi connectivity index (χ4v) is 3.21. The lowest BCUT2D eigenvalue weighted by Crippen LogP contribution is -2.17. The Balaban J connectivity index is 2.05. The second kappa shape index (κ2) is 6.27. The van der Waals surface area contributed by atoms with Gasteiger partial charge in [0.2, 0.25) is 0 Å². The number of nitro benzene ring substituents is 1. The molecule has 4 nitrogen and oxygen atoms in total. The lowest BCUT2D eigenvalue weighted by atomic mass is 10.1. The van der Waals surface area contributed by atoms with Crippen molar-refractivity contribution >= 4 is 33.0 Å². The number of nitrogens with zero attached hydrogens (tertiary/aromatic N) is 1. The average Bonchev–Trinajstić information content (AvgIpc) is 2.83. The molecule has 0 aliphatic rings. The van der Waals surface area contributed by atoms with Crippen LogP contribution < -0.4 is 5.32 Å². The molecule has 0 aliphatic heterocycles. The first-order valence-electron chi connectivity index (χ1n) is 5.79. The van der Waals surface area contributed by atoms with E-state index in [1.165, 1.54) is 10.9 Å². The largest absolute Gasteiger partial charge is 0.305 e. The Bertz CT molecular complexity index is 586. The van der Waals surface area contributed by atoms with Crippen molar-refractivity contribution in [3.8, 4) is 0 Å². The molecule has 0 saturated carbocycles. The molecule has 1 atom stereocenters. The van der Waals surface area contributed by atoms with Crippen LogP contribution in [0.4, 0.5) is 5.69 Å². The van der Waals surface area contributed by atoms with Crippen molar-refractivity contribution in [1.82, 2.24) is 5.32 Å². The van der Waals surface area contributed by atoms with E-state index in [1.807, 2.05) is 25.1 Å². The molecule has 1 unspecified atom stereocenters. The minimum atomic E-state index is -0.344. The highest BCUT2D eigenvalue weighted by molar-refractivity contribution is 9.11. The van der Waals surface area contributed by atoms with Gasteiger partial charge in [0.1, 0.15) is 0 Å². The van der Waals surface area contributed by atoms with E-state index < -0.39 is 0 Å². The minimum Gasteiger partial charge on any atom is -0.305 e. The van der Waals surface area contributed by atoms with E-state index in [1.54, 1.807) is 23.5 Å². The first-order valence-corrected chi connectivity index (χ1v) is 7.40. The van der Waals surface area contributed by atoms with Crippen LogP contribution in [0.1, 0.15) is 23.4 Å². The number of halogens is 1. The van der Waals surface area contributed by atoms with Gasteiger partial charge in [-0.05, 0) is 35.0 Å². The first-order chi connectivity index (χ1) is 9.08. The van der Waals surface area contributed by atoms with E-state index in [9.17, 15) is 10.1 Å². The predicted molar refractivity (Wildman–Crippen MR) is 80.4 cm³/mol. The molecule has 1 N–H and O–H groups in total. The molecule has 1 aromatic heterocycles. The zero-order valence-electron chi connectivity index (χ0n) is 10.3. The van der Waals surface area contributed by atoms with Crippen LogP contribution in [0, 0.1) is 10.1 Å². The van der Waals surface area contributed by atoms with Gasteiger partial charge < -0.3 is 5.32 Å². The summed E-state index contributed by atoms with van der Waals surface area (Å²) in [5.74, 6) is 0. The molecule has 2 aromatic rings. The van der Waals surface area contributed by atoms with Crippen molar-refractivity contribution in [3.63, 3.8) is 0 Å². The van der Waals surface area contributed by atoms with E-state index in [4.69, 9.17) is 0 Å². The normalized spacial score (nSPS) is 12.3. The maximum Gasteiger partial charge on any atom is 0.273 e. The third kappa shape index (κ3) is 3.62. The topological polar surface area (TPSA) is 55.2 Å². The molecule has 0 radical (unpaired) electrons. The van der Waals surface area contributed by atoms with Crippen molar-refractivity contribution in [3.05, 3.63) is 60.7 Å². The average molecular weight is 341 g/mol. The molecule has 6 heteroatoms. The Hall–Kier alpha value is -1.24. The summed E-state index contributed by atoms with van der Waals surface area (Å²) < 4.78 is 1.09. The first kappa shape index (κ1) is 14.2. The van der Waals surface area contributed by atoms with E-state index in [0.717, 1.165) is 3.79 Å². The lowest BCUT2D eigenvalue weighted by Gasteiger charge is -2.12. The third-order valence-corrected chi connectivity index (χ3v) is 4.61. The van der Waals surface area contributed by atoms with E-state index in [0.29, 0.717) is 12.1 Å². The maximum absolute atomic E-state index is 10.9. The summed E-state index contributed by atoms with van der Waals surface area (Å²) >= 11 is 5.09. The Labute approximate surface area is 123 Å². The van der Waals surface area contributed by atoms with Gasteiger partial charge >= 0.3 is 0 Å². The zero-order valence-corrected chi connectivity index (χ0v) is 12.7. The molecule has 1 aromatic carbocycles. The summed E-state index contributed by atoms with van der Waals surface area (Å²) in [6.07, 6.45) is 0. The number of rotatable bonds is 5. The van der Waals surface area contributed by atoms with Gasteiger partial charge in [0.15, 0.2) is 0 Å². The van der Waals surface area contributed by atoms with Crippen LogP contribution in [0.3, 0.4) is 0 Å². The fraction of sp³-hybridized carbons (Fsp3) is 0.231. The van der Waals surface area contributed by atoms with Crippen molar-refractivity contribution in [2.24, 2.45) is 0 Å². The predicted octanol–water partition coefficient (Wildman–Crippen LogP) is 4.27. The van der Waals surface area contributed by atoms with Crippen LogP contribution in [-0.4, -0.2) is 4.92 Å². The molecule has 100 valence electrons. The molecule has 0 amide bonds. The van der Waals surface area contributed by atoms with E-state index in [2.05, 4.69) is 21.2 Å². The van der Waals surface area contributed by atoms with Gasteiger partial charge in [-0.3, -0.25) is 10.1 Å². The van der Waals surface area contributed by atoms with Crippen LogP contribution in [0.5, 0.6) is 0 Å². The number of benzene rings is 1. The molecule has 0 spiro atoms. The number of hydrogen-bond donors (Lipinski definition) is 1. The van der Waals surface area contributed by atoms with Gasteiger partial charge in [0, 0.05) is 29.1 Å². The summed E-state index contributed by atoms with van der Waals surface area (Å²) in [5, 5.41) is 14.2. The molecule has 0 fully saturated rings. The highest BCUT2D eigenvalue weighted by atomic mass is 79.9. The van der Waals surface area contributed by atoms with Gasteiger partial charge in [-0.1, -0.05) is 18.2 Å². The number of thiophene rings is 1. The molecule has 2 rings (SSSR count). The molecule has 19 heavy (non-hydrogen) atoms. The molecular weight excluding hydrogens is 328 g/mol. The van der Waals surface area contributed by atoms with Gasteiger partial charge in [-0.15, -0.1) is 11.3 Å². The monoisotopic (exact) mass is 340 g/mol. The van der Waals surface area contributed by atoms with Crippen molar-refractivity contribution in [1.29, 1.82) is 0 Å². The SMILES string of the molecule is CC(NCc1ccccc1[N+](=O)[O-])c1ccc(Br)s1.